The van der Waals surface area contributed by atoms with Gasteiger partial charge in [0.15, 0.2) is 5.78 Å². The number of ketones is 1. The lowest BCUT2D eigenvalue weighted by atomic mass is 10.1. The zero-order valence-electron chi connectivity index (χ0n) is 12.4. The van der Waals surface area contributed by atoms with Crippen LogP contribution in [0.4, 0.5) is 5.69 Å². The van der Waals surface area contributed by atoms with Crippen LogP contribution in [0.5, 0.6) is 0 Å². The molecule has 120 valence electrons. The third-order valence-corrected chi connectivity index (χ3v) is 2.98. The topological polar surface area (TPSA) is 84.5 Å². The quantitative estimate of drug-likeness (QED) is 0.239. The molecule has 0 saturated carbocycles. The largest absolute Gasteiger partial charge is 0.466 e. The van der Waals surface area contributed by atoms with Crippen LogP contribution in [0.3, 0.4) is 0 Å². The molecule has 0 spiro atoms. The normalized spacial score (nSPS) is 9.91. The summed E-state index contributed by atoms with van der Waals surface area (Å²) in [5.41, 5.74) is 5.96. The summed E-state index contributed by atoms with van der Waals surface area (Å²) in [5, 5.41) is 0. The minimum Gasteiger partial charge on any atom is -0.466 e. The average Bonchev–Trinajstić information content (AvgIpc) is 2.51. The molecule has 0 bridgehead atoms. The van der Waals surface area contributed by atoms with Crippen molar-refractivity contribution in [3.05, 3.63) is 29.8 Å². The number of halogens is 1. The van der Waals surface area contributed by atoms with Crippen LogP contribution in [0, 0.1) is 0 Å². The Labute approximate surface area is 134 Å². The number of nitrogens with one attached hydrogen (secondary N) is 2. The van der Waals surface area contributed by atoms with Gasteiger partial charge in [-0.2, -0.15) is 0 Å². The summed E-state index contributed by atoms with van der Waals surface area (Å²) in [6.45, 7) is 1.88. The van der Waals surface area contributed by atoms with Crippen LogP contribution in [0.15, 0.2) is 24.3 Å². The van der Waals surface area contributed by atoms with Crippen molar-refractivity contribution in [1.82, 2.24) is 5.43 Å². The van der Waals surface area contributed by atoms with E-state index >= 15 is 0 Å². The molecular weight excluding hydrogens is 308 g/mol. The maximum Gasteiger partial charge on any atom is 0.315 e. The van der Waals surface area contributed by atoms with E-state index in [9.17, 15) is 14.4 Å². The molecule has 0 aromatic heterocycles. The number of benzene rings is 1. The van der Waals surface area contributed by atoms with Gasteiger partial charge in [0.1, 0.15) is 6.42 Å². The van der Waals surface area contributed by atoms with E-state index in [0.717, 1.165) is 0 Å². The first-order chi connectivity index (χ1) is 10.6. The Balaban J connectivity index is 2.60. The van der Waals surface area contributed by atoms with E-state index in [0.29, 0.717) is 30.0 Å². The monoisotopic (exact) mass is 326 g/mol. The van der Waals surface area contributed by atoms with Gasteiger partial charge in [0, 0.05) is 17.9 Å². The second kappa shape index (κ2) is 9.78. The molecule has 0 aliphatic heterocycles. The van der Waals surface area contributed by atoms with Crippen molar-refractivity contribution in [2.45, 2.75) is 26.2 Å². The Morgan fingerprint density at radius 2 is 1.95 bits per heavy atom. The second-order valence-corrected chi connectivity index (χ2v) is 4.79. The summed E-state index contributed by atoms with van der Waals surface area (Å²) in [4.78, 5) is 34.8. The molecule has 6 nitrogen and oxygen atoms in total. The fourth-order valence-electron chi connectivity index (χ4n) is 1.72. The summed E-state index contributed by atoms with van der Waals surface area (Å²) >= 11 is 5.58. The number of esters is 1. The van der Waals surface area contributed by atoms with Crippen LogP contribution in [0.1, 0.15) is 36.5 Å². The van der Waals surface area contributed by atoms with Crippen molar-refractivity contribution in [1.29, 1.82) is 0 Å². The van der Waals surface area contributed by atoms with Gasteiger partial charge in [-0.3, -0.25) is 25.2 Å². The maximum absolute atomic E-state index is 12.0. The minimum atomic E-state index is -0.603. The fourth-order valence-corrected chi connectivity index (χ4v) is 1.86. The lowest BCUT2D eigenvalue weighted by Crippen LogP contribution is -2.32. The first-order valence-electron chi connectivity index (χ1n) is 6.97. The number of rotatable bonds is 9. The summed E-state index contributed by atoms with van der Waals surface area (Å²) < 4.78 is 4.68. The van der Waals surface area contributed by atoms with Crippen molar-refractivity contribution in [2.24, 2.45) is 0 Å². The molecule has 0 saturated heterocycles. The number of carbonyl (C=O) groups excluding carboxylic acids is 3. The predicted molar refractivity (Wildman–Crippen MR) is 83.7 cm³/mol. The number of ether oxygens (including phenoxy) is 1. The fraction of sp³-hybridized carbons (Fsp3) is 0.400. The standard InChI is InChI=1S/C15H19ClN2O4/c1-2-22-15(21)10-14(20)18-17-12-7-4-3-6-11(12)13(19)8-5-9-16/h3-4,6-7,17H,2,5,8-10H2,1H3,(H,18,20). The average molecular weight is 327 g/mol. The van der Waals surface area contributed by atoms with Crippen LogP contribution in [-0.2, 0) is 14.3 Å². The van der Waals surface area contributed by atoms with Gasteiger partial charge in [-0.15, -0.1) is 11.6 Å². The highest BCUT2D eigenvalue weighted by Crippen LogP contribution is 2.17. The SMILES string of the molecule is CCOC(=O)CC(=O)NNc1ccccc1C(=O)CCCCl. The number of amides is 1. The smallest absolute Gasteiger partial charge is 0.315 e. The predicted octanol–water partition coefficient (Wildman–Crippen LogP) is 2.28. The summed E-state index contributed by atoms with van der Waals surface area (Å²) in [7, 11) is 0. The lowest BCUT2D eigenvalue weighted by molar-refractivity contribution is -0.145. The van der Waals surface area contributed by atoms with Crippen molar-refractivity contribution in [2.75, 3.05) is 17.9 Å². The van der Waals surface area contributed by atoms with E-state index in [-0.39, 0.29) is 18.8 Å². The lowest BCUT2D eigenvalue weighted by Gasteiger charge is -2.12. The van der Waals surface area contributed by atoms with Crippen molar-refractivity contribution < 1.29 is 19.1 Å². The first kappa shape index (κ1) is 18.0. The van der Waals surface area contributed by atoms with Gasteiger partial charge in [0.25, 0.3) is 0 Å². The number of Topliss-reactive ketones (excluding diaryl/α,β-unsaturated/α-hetero) is 1. The highest BCUT2D eigenvalue weighted by Gasteiger charge is 2.13. The van der Waals surface area contributed by atoms with Crippen molar-refractivity contribution in [3.63, 3.8) is 0 Å². The third-order valence-electron chi connectivity index (χ3n) is 2.71. The molecule has 0 aliphatic rings. The van der Waals surface area contributed by atoms with E-state index in [2.05, 4.69) is 15.6 Å². The Kier molecular flexibility index (Phi) is 7.99. The molecule has 0 fully saturated rings. The van der Waals surface area contributed by atoms with Gasteiger partial charge in [-0.25, -0.2) is 0 Å². The Hall–Kier alpha value is -2.08. The number of anilines is 1. The van der Waals surface area contributed by atoms with Crippen LogP contribution >= 0.6 is 11.6 Å². The molecule has 1 aromatic carbocycles. The Morgan fingerprint density at radius 3 is 2.64 bits per heavy atom. The molecule has 0 unspecified atom stereocenters. The van der Waals surface area contributed by atoms with E-state index in [1.807, 2.05) is 0 Å². The molecule has 7 heteroatoms. The van der Waals surface area contributed by atoms with Crippen LogP contribution in [0.25, 0.3) is 0 Å². The van der Waals surface area contributed by atoms with E-state index in [1.54, 1.807) is 31.2 Å². The minimum absolute atomic E-state index is 0.0663. The summed E-state index contributed by atoms with van der Waals surface area (Å²) in [6, 6.07) is 6.80. The molecule has 0 aliphatic carbocycles. The number of carbonyl (C=O) groups is 3. The highest BCUT2D eigenvalue weighted by molar-refractivity contribution is 6.18. The van der Waals surface area contributed by atoms with Crippen molar-refractivity contribution >= 4 is 34.9 Å². The molecule has 22 heavy (non-hydrogen) atoms. The molecule has 2 N–H and O–H groups in total. The number of hydrogen-bond acceptors (Lipinski definition) is 5. The number of para-hydroxylation sites is 1. The molecule has 1 aromatic rings. The summed E-state index contributed by atoms with van der Waals surface area (Å²) in [6.07, 6.45) is 0.534. The molecule has 0 radical (unpaired) electrons. The molecular formula is C15H19ClN2O4. The van der Waals surface area contributed by atoms with Gasteiger partial charge in [0.05, 0.1) is 12.3 Å². The van der Waals surface area contributed by atoms with Crippen LogP contribution in [0.2, 0.25) is 0 Å². The first-order valence-corrected chi connectivity index (χ1v) is 7.50. The zero-order valence-corrected chi connectivity index (χ0v) is 13.1. The van der Waals surface area contributed by atoms with Gasteiger partial charge >= 0.3 is 5.97 Å². The van der Waals surface area contributed by atoms with E-state index in [4.69, 9.17) is 11.6 Å². The molecule has 1 rings (SSSR count). The van der Waals surface area contributed by atoms with E-state index < -0.39 is 11.9 Å². The highest BCUT2D eigenvalue weighted by atomic mass is 35.5. The number of alkyl halides is 1. The second-order valence-electron chi connectivity index (χ2n) is 4.42. The summed E-state index contributed by atoms with van der Waals surface area (Å²) in [5.74, 6) is -0.796. The van der Waals surface area contributed by atoms with Gasteiger partial charge < -0.3 is 4.74 Å². The maximum atomic E-state index is 12.0. The Bertz CT molecular complexity index is 534. The number of hydrazine groups is 1. The van der Waals surface area contributed by atoms with Crippen LogP contribution in [-0.4, -0.2) is 30.1 Å². The van der Waals surface area contributed by atoms with Crippen molar-refractivity contribution in [3.8, 4) is 0 Å². The Morgan fingerprint density at radius 1 is 1.23 bits per heavy atom. The molecule has 0 atom stereocenters. The molecule has 1 amide bonds. The van der Waals surface area contributed by atoms with E-state index in [1.165, 1.54) is 0 Å². The molecule has 0 heterocycles. The van der Waals surface area contributed by atoms with Gasteiger partial charge in [0.2, 0.25) is 5.91 Å². The zero-order chi connectivity index (χ0) is 16.4. The van der Waals surface area contributed by atoms with Crippen LogP contribution < -0.4 is 10.9 Å². The van der Waals surface area contributed by atoms with Gasteiger partial charge in [-0.1, -0.05) is 12.1 Å². The number of hydrogen-bond donors (Lipinski definition) is 2. The third kappa shape index (κ3) is 6.13. The van der Waals surface area contributed by atoms with Gasteiger partial charge in [-0.05, 0) is 25.5 Å².